The van der Waals surface area contributed by atoms with Crippen LogP contribution in [0.25, 0.3) is 0 Å². The van der Waals surface area contributed by atoms with E-state index in [0.29, 0.717) is 54.9 Å². The summed E-state index contributed by atoms with van der Waals surface area (Å²) in [6, 6.07) is 1.38. The van der Waals surface area contributed by atoms with Crippen molar-refractivity contribution >= 4 is 23.1 Å². The highest BCUT2D eigenvalue weighted by Gasteiger charge is 2.35. The van der Waals surface area contributed by atoms with Crippen LogP contribution in [0.3, 0.4) is 0 Å². The van der Waals surface area contributed by atoms with E-state index in [4.69, 9.17) is 4.74 Å². The van der Waals surface area contributed by atoms with Crippen LogP contribution in [-0.4, -0.2) is 54.1 Å². The van der Waals surface area contributed by atoms with Gasteiger partial charge < -0.3 is 19.9 Å². The van der Waals surface area contributed by atoms with E-state index in [9.17, 15) is 9.18 Å². The highest BCUT2D eigenvalue weighted by atomic mass is 19.1. The number of anilines is 3. The summed E-state index contributed by atoms with van der Waals surface area (Å²) in [4.78, 5) is 24.1. The van der Waals surface area contributed by atoms with Crippen LogP contribution in [0.15, 0.2) is 18.5 Å². The Kier molecular flexibility index (Phi) is 5.44. The molecule has 1 fully saturated rings. The molecule has 1 aromatic heterocycles. The molecule has 2 aliphatic rings. The van der Waals surface area contributed by atoms with Gasteiger partial charge in [-0.1, -0.05) is 0 Å². The maximum absolute atomic E-state index is 15.2. The summed E-state index contributed by atoms with van der Waals surface area (Å²) in [6.45, 7) is 7.71. The molecule has 4 rings (SSSR count). The molecule has 1 aromatic carbocycles. The van der Waals surface area contributed by atoms with Crippen molar-refractivity contribution in [3.63, 3.8) is 0 Å². The molecular formula is C21H25F2N5O2. The van der Waals surface area contributed by atoms with Crippen LogP contribution in [0.1, 0.15) is 37.6 Å². The van der Waals surface area contributed by atoms with Crippen LogP contribution in [0.5, 0.6) is 5.75 Å². The van der Waals surface area contributed by atoms with E-state index in [1.54, 1.807) is 0 Å². The fourth-order valence-corrected chi connectivity index (χ4v) is 4.23. The molecule has 0 bridgehead atoms. The Morgan fingerprint density at radius 1 is 1.30 bits per heavy atom. The van der Waals surface area contributed by atoms with Gasteiger partial charge in [0, 0.05) is 31.2 Å². The molecule has 0 spiro atoms. The van der Waals surface area contributed by atoms with E-state index in [1.807, 2.05) is 18.7 Å². The Morgan fingerprint density at radius 2 is 2.03 bits per heavy atom. The third-order valence-electron chi connectivity index (χ3n) is 5.65. The normalized spacial score (nSPS) is 20.7. The fourth-order valence-electron chi connectivity index (χ4n) is 4.23. The van der Waals surface area contributed by atoms with Crippen LogP contribution in [-0.2, 0) is 0 Å². The van der Waals surface area contributed by atoms with Crippen molar-refractivity contribution in [2.75, 3.05) is 41.4 Å². The molecule has 1 N–H and O–H groups in total. The number of hydrogen-bond donors (Lipinski definition) is 1. The minimum absolute atomic E-state index is 0.0252. The summed E-state index contributed by atoms with van der Waals surface area (Å²) in [5.41, 5.74) is 1.39. The lowest BCUT2D eigenvalue weighted by Crippen LogP contribution is -2.42. The Labute approximate surface area is 174 Å². The van der Waals surface area contributed by atoms with Crippen molar-refractivity contribution < 1.29 is 18.3 Å². The second-order valence-electron chi connectivity index (χ2n) is 7.74. The van der Waals surface area contributed by atoms with Gasteiger partial charge in [-0.25, -0.2) is 18.7 Å². The van der Waals surface area contributed by atoms with Gasteiger partial charge in [0.05, 0.1) is 24.1 Å². The Hall–Kier alpha value is -2.97. The average molecular weight is 417 g/mol. The lowest BCUT2D eigenvalue weighted by Gasteiger charge is -2.39. The molecule has 7 nitrogen and oxygen atoms in total. The van der Waals surface area contributed by atoms with E-state index in [1.165, 1.54) is 13.0 Å². The van der Waals surface area contributed by atoms with Crippen LogP contribution in [0, 0.1) is 11.6 Å². The van der Waals surface area contributed by atoms with Crippen LogP contribution in [0.2, 0.25) is 0 Å². The summed E-state index contributed by atoms with van der Waals surface area (Å²) >= 11 is 0. The second-order valence-corrected chi connectivity index (χ2v) is 7.74. The Bertz CT molecular complexity index is 953. The number of benzene rings is 1. The zero-order chi connectivity index (χ0) is 21.4. The number of Topliss-reactive ketones (excluding diaryl/α,β-unsaturated/α-hetero) is 1. The van der Waals surface area contributed by atoms with Crippen molar-refractivity contribution in [2.24, 2.45) is 0 Å². The van der Waals surface area contributed by atoms with Crippen molar-refractivity contribution in [3.8, 4) is 5.75 Å². The van der Waals surface area contributed by atoms with Gasteiger partial charge in [0.1, 0.15) is 12.3 Å². The largest absolute Gasteiger partial charge is 0.487 e. The maximum atomic E-state index is 15.2. The lowest BCUT2D eigenvalue weighted by atomic mass is 10.0. The summed E-state index contributed by atoms with van der Waals surface area (Å²) in [7, 11) is 0. The first-order valence-corrected chi connectivity index (χ1v) is 10.1. The molecule has 1 saturated heterocycles. The van der Waals surface area contributed by atoms with Gasteiger partial charge in [-0.15, -0.1) is 0 Å². The highest BCUT2D eigenvalue weighted by Crippen LogP contribution is 2.47. The molecule has 2 aromatic rings. The smallest absolute Gasteiger partial charge is 0.223 e. The zero-order valence-electron chi connectivity index (χ0n) is 17.3. The number of carbonyl (C=O) groups excluding carboxylic acids is 1. The quantitative estimate of drug-likeness (QED) is 0.749. The number of hydrogen-bond acceptors (Lipinski definition) is 7. The van der Waals surface area contributed by atoms with Gasteiger partial charge in [-0.05, 0) is 33.3 Å². The topological polar surface area (TPSA) is 70.6 Å². The number of ether oxygens (including phenoxy) is 1. The third-order valence-corrected chi connectivity index (χ3v) is 5.65. The number of rotatable bonds is 5. The number of aromatic nitrogens is 2. The molecule has 0 amide bonds. The Balaban J connectivity index is 1.65. The van der Waals surface area contributed by atoms with Crippen LogP contribution < -0.4 is 19.9 Å². The lowest BCUT2D eigenvalue weighted by molar-refractivity contribution is 0.101. The molecule has 1 unspecified atom stereocenters. The molecule has 2 atom stereocenters. The van der Waals surface area contributed by atoms with Crippen molar-refractivity contribution in [2.45, 2.75) is 39.3 Å². The standard InChI is InChI=1S/C21H25F2N5O2/c1-4-28-12(2)11-30-20-18(28)16(13(3)29)7-17(23)19(20)27-6-5-15(10-27)26-21-24-8-14(22)9-25-21/h7-9,12,15H,4-6,10-11H2,1-3H3,(H,24,25,26)/t12?,15-/m1/s1. The molecule has 30 heavy (non-hydrogen) atoms. The number of nitrogens with zero attached hydrogens (tertiary/aromatic N) is 4. The summed E-state index contributed by atoms with van der Waals surface area (Å²) in [6.07, 6.45) is 2.94. The van der Waals surface area contributed by atoms with Gasteiger partial charge in [0.2, 0.25) is 5.95 Å². The van der Waals surface area contributed by atoms with Gasteiger partial charge in [-0.2, -0.15) is 0 Å². The first-order valence-electron chi connectivity index (χ1n) is 10.1. The molecular weight excluding hydrogens is 392 g/mol. The van der Waals surface area contributed by atoms with E-state index in [-0.39, 0.29) is 17.9 Å². The zero-order valence-corrected chi connectivity index (χ0v) is 17.3. The van der Waals surface area contributed by atoms with Gasteiger partial charge in [0.15, 0.2) is 23.2 Å². The predicted molar refractivity (Wildman–Crippen MR) is 111 cm³/mol. The monoisotopic (exact) mass is 417 g/mol. The van der Waals surface area contributed by atoms with Crippen molar-refractivity contribution in [1.29, 1.82) is 0 Å². The molecule has 0 saturated carbocycles. The highest BCUT2D eigenvalue weighted by molar-refractivity contribution is 6.03. The average Bonchev–Trinajstić information content (AvgIpc) is 3.17. The molecule has 2 aliphatic heterocycles. The van der Waals surface area contributed by atoms with Crippen molar-refractivity contribution in [3.05, 3.63) is 35.7 Å². The molecule has 0 aliphatic carbocycles. The van der Waals surface area contributed by atoms with Gasteiger partial charge >= 0.3 is 0 Å². The minimum Gasteiger partial charge on any atom is -0.487 e. The molecule has 160 valence electrons. The number of ketones is 1. The van der Waals surface area contributed by atoms with E-state index >= 15 is 4.39 Å². The van der Waals surface area contributed by atoms with E-state index in [2.05, 4.69) is 20.2 Å². The first kappa shape index (κ1) is 20.3. The number of likely N-dealkylation sites (N-methyl/N-ethyl adjacent to an activating group) is 1. The molecule has 0 radical (unpaired) electrons. The molecule has 9 heteroatoms. The number of fused-ring (bicyclic) bond motifs is 1. The molecule has 3 heterocycles. The van der Waals surface area contributed by atoms with Crippen LogP contribution in [0.4, 0.5) is 26.1 Å². The minimum atomic E-state index is -0.500. The second kappa shape index (κ2) is 8.04. The summed E-state index contributed by atoms with van der Waals surface area (Å²) in [5.74, 6) is -0.399. The Morgan fingerprint density at radius 3 is 2.70 bits per heavy atom. The third kappa shape index (κ3) is 3.64. The predicted octanol–water partition coefficient (Wildman–Crippen LogP) is 3.26. The van der Waals surface area contributed by atoms with Crippen molar-refractivity contribution in [1.82, 2.24) is 9.97 Å². The number of carbonyl (C=O) groups is 1. The maximum Gasteiger partial charge on any atom is 0.223 e. The SMILES string of the molecule is CCN1c2c(C(C)=O)cc(F)c(N3CC[C@@H](Nc4ncc(F)cn4)C3)c2OCC1C. The van der Waals surface area contributed by atoms with E-state index in [0.717, 1.165) is 18.8 Å². The first-order chi connectivity index (χ1) is 14.4. The van der Waals surface area contributed by atoms with Crippen LogP contribution >= 0.6 is 0 Å². The fraction of sp³-hybridized carbons (Fsp3) is 0.476. The van der Waals surface area contributed by atoms with Gasteiger partial charge in [0.25, 0.3) is 0 Å². The number of halogens is 2. The number of nitrogens with one attached hydrogen (secondary N) is 1. The van der Waals surface area contributed by atoms with Gasteiger partial charge in [-0.3, -0.25) is 4.79 Å². The summed E-state index contributed by atoms with van der Waals surface area (Å²) < 4.78 is 34.2. The summed E-state index contributed by atoms with van der Waals surface area (Å²) in [5, 5.41) is 3.17. The van der Waals surface area contributed by atoms with E-state index < -0.39 is 11.6 Å².